The summed E-state index contributed by atoms with van der Waals surface area (Å²) in [5.74, 6) is 0.589. The number of esters is 1. The summed E-state index contributed by atoms with van der Waals surface area (Å²) in [7, 11) is 1.73. The molecule has 1 amide bonds. The van der Waals surface area contributed by atoms with Crippen LogP contribution in [0.4, 0.5) is 0 Å². The van der Waals surface area contributed by atoms with E-state index in [1.54, 1.807) is 26.1 Å². The molecule has 0 aromatic heterocycles. The van der Waals surface area contributed by atoms with Crippen LogP contribution < -0.4 is 10.6 Å². The predicted octanol–water partition coefficient (Wildman–Crippen LogP) is 1.54. The Kier molecular flexibility index (Phi) is 7.44. The zero-order valence-corrected chi connectivity index (χ0v) is 15.7. The van der Waals surface area contributed by atoms with Gasteiger partial charge in [0.25, 0.3) is 0 Å². The molecule has 1 aliphatic heterocycles. The van der Waals surface area contributed by atoms with E-state index in [-0.39, 0.29) is 17.9 Å². The highest BCUT2D eigenvalue weighted by molar-refractivity contribution is 5.89. The number of benzene rings is 1. The molecule has 0 aliphatic carbocycles. The van der Waals surface area contributed by atoms with Crippen LogP contribution in [0.25, 0.3) is 0 Å². The highest BCUT2D eigenvalue weighted by atomic mass is 16.5. The third-order valence-corrected chi connectivity index (χ3v) is 4.33. The van der Waals surface area contributed by atoms with Gasteiger partial charge in [0.1, 0.15) is 0 Å². The van der Waals surface area contributed by atoms with Crippen LogP contribution in [0.1, 0.15) is 42.6 Å². The van der Waals surface area contributed by atoms with Gasteiger partial charge in [-0.25, -0.2) is 4.79 Å². The monoisotopic (exact) mass is 360 g/mol. The molecule has 1 aromatic carbocycles. The number of carbonyl (C=O) groups excluding carboxylic acids is 2. The molecular weight excluding hydrogens is 332 g/mol. The number of carbonyl (C=O) groups is 2. The van der Waals surface area contributed by atoms with Gasteiger partial charge in [-0.05, 0) is 31.0 Å². The zero-order chi connectivity index (χ0) is 18.9. The lowest BCUT2D eigenvalue weighted by molar-refractivity contribution is -0.129. The quantitative estimate of drug-likeness (QED) is 0.457. The molecule has 1 aliphatic rings. The minimum atomic E-state index is -0.308. The second-order valence-corrected chi connectivity index (χ2v) is 6.17. The number of amides is 1. The van der Waals surface area contributed by atoms with Gasteiger partial charge in [-0.3, -0.25) is 9.79 Å². The van der Waals surface area contributed by atoms with Crippen molar-refractivity contribution in [3.05, 3.63) is 35.4 Å². The highest BCUT2D eigenvalue weighted by Crippen LogP contribution is 2.10. The van der Waals surface area contributed by atoms with Crippen LogP contribution in [0.5, 0.6) is 0 Å². The molecule has 1 saturated heterocycles. The summed E-state index contributed by atoms with van der Waals surface area (Å²) >= 11 is 0. The van der Waals surface area contributed by atoms with Crippen molar-refractivity contribution in [3.8, 4) is 0 Å². The van der Waals surface area contributed by atoms with Gasteiger partial charge < -0.3 is 20.3 Å². The lowest BCUT2D eigenvalue weighted by atomic mass is 10.1. The number of rotatable bonds is 6. The van der Waals surface area contributed by atoms with Crippen molar-refractivity contribution in [2.75, 3.05) is 26.7 Å². The summed E-state index contributed by atoms with van der Waals surface area (Å²) in [4.78, 5) is 29.6. The van der Waals surface area contributed by atoms with E-state index in [1.807, 2.05) is 24.0 Å². The summed E-state index contributed by atoms with van der Waals surface area (Å²) in [6, 6.07) is 7.52. The Morgan fingerprint density at radius 2 is 2.00 bits per heavy atom. The van der Waals surface area contributed by atoms with E-state index >= 15 is 0 Å². The van der Waals surface area contributed by atoms with Crippen molar-refractivity contribution in [3.63, 3.8) is 0 Å². The van der Waals surface area contributed by atoms with E-state index in [0.29, 0.717) is 37.6 Å². The number of ether oxygens (including phenoxy) is 1. The normalized spacial score (nSPS) is 17.1. The summed E-state index contributed by atoms with van der Waals surface area (Å²) in [5.41, 5.74) is 1.58. The average Bonchev–Trinajstić information content (AvgIpc) is 3.13. The Balaban J connectivity index is 1.82. The number of hydrogen-bond donors (Lipinski definition) is 2. The van der Waals surface area contributed by atoms with Crippen LogP contribution in [-0.4, -0.2) is 55.5 Å². The predicted molar refractivity (Wildman–Crippen MR) is 101 cm³/mol. The lowest BCUT2D eigenvalue weighted by Gasteiger charge is -2.18. The number of aliphatic imine (C=N–C) groups is 1. The first kappa shape index (κ1) is 19.8. The molecule has 1 fully saturated rings. The van der Waals surface area contributed by atoms with Crippen molar-refractivity contribution in [2.24, 2.45) is 4.99 Å². The molecule has 26 heavy (non-hydrogen) atoms. The molecule has 7 nitrogen and oxygen atoms in total. The SMILES string of the molecule is CCOC(=O)c1ccc(CNC(=NC)NC2CCN(C(=O)CC)C2)cc1. The van der Waals surface area contributed by atoms with Crippen molar-refractivity contribution < 1.29 is 14.3 Å². The van der Waals surface area contributed by atoms with Gasteiger partial charge in [-0.2, -0.15) is 0 Å². The second-order valence-electron chi connectivity index (χ2n) is 6.17. The first-order valence-corrected chi connectivity index (χ1v) is 9.08. The van der Waals surface area contributed by atoms with Crippen molar-refractivity contribution in [1.29, 1.82) is 0 Å². The van der Waals surface area contributed by atoms with Crippen LogP contribution in [0.2, 0.25) is 0 Å². The third kappa shape index (κ3) is 5.47. The maximum atomic E-state index is 11.8. The molecule has 0 bridgehead atoms. The van der Waals surface area contributed by atoms with Gasteiger partial charge in [0, 0.05) is 39.1 Å². The van der Waals surface area contributed by atoms with Crippen molar-refractivity contribution in [2.45, 2.75) is 39.3 Å². The van der Waals surface area contributed by atoms with E-state index in [9.17, 15) is 9.59 Å². The van der Waals surface area contributed by atoms with Gasteiger partial charge in [0.05, 0.1) is 12.2 Å². The molecule has 1 unspecified atom stereocenters. The van der Waals surface area contributed by atoms with Crippen LogP contribution in [0, 0.1) is 0 Å². The topological polar surface area (TPSA) is 83.0 Å². The minimum Gasteiger partial charge on any atom is -0.462 e. The molecule has 1 heterocycles. The number of likely N-dealkylation sites (tertiary alicyclic amines) is 1. The Hall–Kier alpha value is -2.57. The standard InChI is InChI=1S/C19H28N4O3/c1-4-17(24)23-11-10-16(13-23)22-19(20-3)21-12-14-6-8-15(9-7-14)18(25)26-5-2/h6-9,16H,4-5,10-13H2,1-3H3,(H2,20,21,22). The molecule has 142 valence electrons. The highest BCUT2D eigenvalue weighted by Gasteiger charge is 2.25. The van der Waals surface area contributed by atoms with Gasteiger partial charge in [0.15, 0.2) is 5.96 Å². The summed E-state index contributed by atoms with van der Waals surface area (Å²) in [5, 5.41) is 6.63. The molecule has 0 spiro atoms. The second kappa shape index (κ2) is 9.79. The van der Waals surface area contributed by atoms with Gasteiger partial charge in [0.2, 0.25) is 5.91 Å². The Bertz CT molecular complexity index is 643. The fourth-order valence-electron chi connectivity index (χ4n) is 2.88. The smallest absolute Gasteiger partial charge is 0.338 e. The Labute approximate surface area is 154 Å². The van der Waals surface area contributed by atoms with E-state index in [2.05, 4.69) is 15.6 Å². The number of nitrogens with one attached hydrogen (secondary N) is 2. The van der Waals surface area contributed by atoms with Gasteiger partial charge >= 0.3 is 5.97 Å². The van der Waals surface area contributed by atoms with Crippen LogP contribution >= 0.6 is 0 Å². The number of nitrogens with zero attached hydrogens (tertiary/aromatic N) is 2. The molecular formula is C19H28N4O3. The molecule has 1 atom stereocenters. The van der Waals surface area contributed by atoms with Crippen LogP contribution in [0.3, 0.4) is 0 Å². The van der Waals surface area contributed by atoms with E-state index in [0.717, 1.165) is 18.5 Å². The van der Waals surface area contributed by atoms with E-state index in [1.165, 1.54) is 0 Å². The molecule has 2 N–H and O–H groups in total. The third-order valence-electron chi connectivity index (χ3n) is 4.33. The average molecular weight is 360 g/mol. The number of guanidine groups is 1. The molecule has 1 aromatic rings. The van der Waals surface area contributed by atoms with Gasteiger partial charge in [-0.1, -0.05) is 19.1 Å². The fraction of sp³-hybridized carbons (Fsp3) is 0.526. The van der Waals surface area contributed by atoms with Crippen molar-refractivity contribution in [1.82, 2.24) is 15.5 Å². The first-order valence-electron chi connectivity index (χ1n) is 9.08. The Morgan fingerprint density at radius 1 is 1.27 bits per heavy atom. The van der Waals surface area contributed by atoms with Crippen molar-refractivity contribution >= 4 is 17.8 Å². The summed E-state index contributed by atoms with van der Waals surface area (Å²) in [6.07, 6.45) is 1.46. The molecule has 0 saturated carbocycles. The van der Waals surface area contributed by atoms with Crippen LogP contribution in [0.15, 0.2) is 29.3 Å². The maximum Gasteiger partial charge on any atom is 0.338 e. The summed E-state index contributed by atoms with van der Waals surface area (Å²) in [6.45, 7) is 6.13. The molecule has 0 radical (unpaired) electrons. The van der Waals surface area contributed by atoms with E-state index in [4.69, 9.17) is 4.74 Å². The summed E-state index contributed by atoms with van der Waals surface area (Å²) < 4.78 is 4.98. The number of hydrogen-bond acceptors (Lipinski definition) is 4. The molecule has 2 rings (SSSR count). The van der Waals surface area contributed by atoms with Crippen LogP contribution in [-0.2, 0) is 16.1 Å². The van der Waals surface area contributed by atoms with E-state index < -0.39 is 0 Å². The lowest BCUT2D eigenvalue weighted by Crippen LogP contribution is -2.44. The maximum absolute atomic E-state index is 11.8. The van der Waals surface area contributed by atoms with Gasteiger partial charge in [-0.15, -0.1) is 0 Å². The first-order chi connectivity index (χ1) is 12.6. The Morgan fingerprint density at radius 3 is 2.62 bits per heavy atom. The fourth-order valence-corrected chi connectivity index (χ4v) is 2.88. The minimum absolute atomic E-state index is 0.193. The largest absolute Gasteiger partial charge is 0.462 e. The molecule has 7 heteroatoms. The zero-order valence-electron chi connectivity index (χ0n) is 15.7.